The van der Waals surface area contributed by atoms with E-state index in [0.717, 1.165) is 5.69 Å². The van der Waals surface area contributed by atoms with Crippen molar-refractivity contribution in [3.05, 3.63) is 35.7 Å². The number of hydrogen-bond donors (Lipinski definition) is 2. The standard InChI is InChI=1S/C17H20N4O3/c1-5-21-11(3)14(10(2)20-21)19-16(23)17(4)15(22)18-12-8-6-7-9-13(12)24-17/h6-9H,5H2,1-4H3,(H,18,22)(H,19,23)/t17-/m1/s1. The molecule has 0 aliphatic carbocycles. The maximum absolute atomic E-state index is 12.8. The van der Waals surface area contributed by atoms with Crippen LogP contribution in [0.3, 0.4) is 0 Å². The number of anilines is 2. The molecule has 1 aromatic carbocycles. The third kappa shape index (κ3) is 2.42. The SMILES string of the molecule is CCn1nc(C)c(NC(=O)[C@]2(C)Oc3ccccc3NC2=O)c1C. The average Bonchev–Trinajstić information content (AvgIpc) is 2.83. The van der Waals surface area contributed by atoms with Gasteiger partial charge in [0.2, 0.25) is 0 Å². The van der Waals surface area contributed by atoms with Crippen molar-refractivity contribution in [1.82, 2.24) is 9.78 Å². The van der Waals surface area contributed by atoms with Crippen molar-refractivity contribution >= 4 is 23.2 Å². The summed E-state index contributed by atoms with van der Waals surface area (Å²) in [6.07, 6.45) is 0. The second-order valence-corrected chi connectivity index (χ2v) is 5.90. The van der Waals surface area contributed by atoms with Crippen LogP contribution in [0, 0.1) is 13.8 Å². The largest absolute Gasteiger partial charge is 0.466 e. The summed E-state index contributed by atoms with van der Waals surface area (Å²) in [5.41, 5.74) is 1.05. The van der Waals surface area contributed by atoms with E-state index in [4.69, 9.17) is 4.74 Å². The Bertz CT molecular complexity index is 827. The molecular formula is C17H20N4O3. The highest BCUT2D eigenvalue weighted by molar-refractivity contribution is 6.19. The van der Waals surface area contributed by atoms with Crippen molar-refractivity contribution in [1.29, 1.82) is 0 Å². The molecule has 2 heterocycles. The van der Waals surface area contributed by atoms with Crippen LogP contribution in [0.5, 0.6) is 5.75 Å². The monoisotopic (exact) mass is 328 g/mol. The molecule has 24 heavy (non-hydrogen) atoms. The number of fused-ring (bicyclic) bond motifs is 1. The van der Waals surface area contributed by atoms with Crippen LogP contribution in [0.1, 0.15) is 25.2 Å². The molecule has 1 aliphatic rings. The third-order valence-electron chi connectivity index (χ3n) is 4.24. The smallest absolute Gasteiger partial charge is 0.278 e. The van der Waals surface area contributed by atoms with E-state index in [1.54, 1.807) is 28.9 Å². The van der Waals surface area contributed by atoms with Crippen molar-refractivity contribution in [3.63, 3.8) is 0 Å². The molecule has 0 saturated carbocycles. The van der Waals surface area contributed by atoms with Gasteiger partial charge in [0.05, 0.1) is 22.8 Å². The first-order chi connectivity index (χ1) is 11.4. The molecule has 3 rings (SSSR count). The van der Waals surface area contributed by atoms with Crippen molar-refractivity contribution < 1.29 is 14.3 Å². The van der Waals surface area contributed by atoms with Gasteiger partial charge in [-0.1, -0.05) is 12.1 Å². The highest BCUT2D eigenvalue weighted by Crippen LogP contribution is 2.34. The molecule has 7 nitrogen and oxygen atoms in total. The Labute approximate surface area is 140 Å². The zero-order valence-electron chi connectivity index (χ0n) is 14.1. The minimum atomic E-state index is -1.65. The molecule has 2 N–H and O–H groups in total. The van der Waals surface area contributed by atoms with E-state index >= 15 is 0 Å². The van der Waals surface area contributed by atoms with Crippen molar-refractivity contribution in [3.8, 4) is 5.75 Å². The molecule has 7 heteroatoms. The first kappa shape index (κ1) is 16.0. The summed E-state index contributed by atoms with van der Waals surface area (Å²) in [6.45, 7) is 7.82. The Morgan fingerprint density at radius 1 is 1.38 bits per heavy atom. The average molecular weight is 328 g/mol. The lowest BCUT2D eigenvalue weighted by atomic mass is 10.0. The zero-order valence-corrected chi connectivity index (χ0v) is 14.1. The van der Waals surface area contributed by atoms with Crippen LogP contribution in [0.4, 0.5) is 11.4 Å². The molecule has 0 spiro atoms. The van der Waals surface area contributed by atoms with Gasteiger partial charge in [0.25, 0.3) is 17.4 Å². The number of carbonyl (C=O) groups excluding carboxylic acids is 2. The highest BCUT2D eigenvalue weighted by atomic mass is 16.5. The molecule has 126 valence electrons. The minimum absolute atomic E-state index is 0.465. The molecule has 0 bridgehead atoms. The predicted octanol–water partition coefficient (Wildman–Crippen LogP) is 2.25. The summed E-state index contributed by atoms with van der Waals surface area (Å²) in [6, 6.07) is 7.02. The number of rotatable bonds is 3. The number of nitrogens with zero attached hydrogens (tertiary/aromatic N) is 2. The van der Waals surface area contributed by atoms with Crippen LogP contribution >= 0.6 is 0 Å². The Morgan fingerprint density at radius 2 is 2.08 bits per heavy atom. The van der Waals surface area contributed by atoms with E-state index in [1.807, 2.05) is 20.8 Å². The predicted molar refractivity (Wildman–Crippen MR) is 90.1 cm³/mol. The Hall–Kier alpha value is -2.83. The van der Waals surface area contributed by atoms with Gasteiger partial charge in [0, 0.05) is 6.54 Å². The van der Waals surface area contributed by atoms with Crippen molar-refractivity contribution in [2.75, 3.05) is 10.6 Å². The van der Waals surface area contributed by atoms with Crippen molar-refractivity contribution in [2.24, 2.45) is 0 Å². The molecule has 1 aromatic heterocycles. The maximum atomic E-state index is 12.8. The molecule has 0 unspecified atom stereocenters. The molecule has 0 radical (unpaired) electrons. The molecule has 1 atom stereocenters. The summed E-state index contributed by atoms with van der Waals surface area (Å²) < 4.78 is 7.52. The summed E-state index contributed by atoms with van der Waals surface area (Å²) in [5.74, 6) is -0.569. The molecule has 0 fully saturated rings. The summed E-state index contributed by atoms with van der Waals surface area (Å²) in [5, 5.41) is 9.88. The number of benzene rings is 1. The van der Waals surface area contributed by atoms with Gasteiger partial charge in [0.15, 0.2) is 0 Å². The number of hydrogen-bond acceptors (Lipinski definition) is 4. The Kier molecular flexibility index (Phi) is 3.79. The van der Waals surface area contributed by atoms with Gasteiger partial charge < -0.3 is 15.4 Å². The lowest BCUT2D eigenvalue weighted by molar-refractivity contribution is -0.143. The second kappa shape index (κ2) is 5.67. The van der Waals surface area contributed by atoms with Gasteiger partial charge in [-0.05, 0) is 39.8 Å². The van der Waals surface area contributed by atoms with E-state index < -0.39 is 17.4 Å². The summed E-state index contributed by atoms with van der Waals surface area (Å²) in [7, 11) is 0. The molecular weight excluding hydrogens is 308 g/mol. The molecule has 1 aliphatic heterocycles. The number of amides is 2. The van der Waals surface area contributed by atoms with E-state index in [9.17, 15) is 9.59 Å². The lowest BCUT2D eigenvalue weighted by Crippen LogP contribution is -2.56. The minimum Gasteiger partial charge on any atom is -0.466 e. The lowest BCUT2D eigenvalue weighted by Gasteiger charge is -2.33. The van der Waals surface area contributed by atoms with Gasteiger partial charge in [-0.3, -0.25) is 14.3 Å². The van der Waals surface area contributed by atoms with E-state index in [1.165, 1.54) is 6.92 Å². The van der Waals surface area contributed by atoms with Crippen LogP contribution in [0.2, 0.25) is 0 Å². The number of carbonyl (C=O) groups is 2. The number of para-hydroxylation sites is 2. The number of ether oxygens (including phenoxy) is 1. The van der Waals surface area contributed by atoms with Crippen LogP contribution in [0.25, 0.3) is 0 Å². The molecule has 2 aromatic rings. The third-order valence-corrected chi connectivity index (χ3v) is 4.24. The van der Waals surface area contributed by atoms with Gasteiger partial charge in [0.1, 0.15) is 5.75 Å². The first-order valence-corrected chi connectivity index (χ1v) is 7.81. The fraction of sp³-hybridized carbons (Fsp3) is 0.353. The summed E-state index contributed by atoms with van der Waals surface area (Å²) in [4.78, 5) is 25.2. The topological polar surface area (TPSA) is 85.2 Å². The van der Waals surface area contributed by atoms with Crippen LogP contribution < -0.4 is 15.4 Å². The maximum Gasteiger partial charge on any atom is 0.278 e. The number of aryl methyl sites for hydroxylation is 2. The van der Waals surface area contributed by atoms with Gasteiger partial charge in [-0.15, -0.1) is 0 Å². The van der Waals surface area contributed by atoms with E-state index in [0.29, 0.717) is 29.4 Å². The Morgan fingerprint density at radius 3 is 2.75 bits per heavy atom. The molecule has 0 saturated heterocycles. The first-order valence-electron chi connectivity index (χ1n) is 7.81. The van der Waals surface area contributed by atoms with Crippen molar-refractivity contribution in [2.45, 2.75) is 39.8 Å². The molecule has 2 amide bonds. The van der Waals surface area contributed by atoms with Gasteiger partial charge in [-0.2, -0.15) is 5.10 Å². The number of nitrogens with one attached hydrogen (secondary N) is 2. The van der Waals surface area contributed by atoms with E-state index in [2.05, 4.69) is 15.7 Å². The quantitative estimate of drug-likeness (QED) is 0.846. The van der Waals surface area contributed by atoms with Crippen LogP contribution in [-0.2, 0) is 16.1 Å². The Balaban J connectivity index is 1.90. The zero-order chi connectivity index (χ0) is 17.5. The van der Waals surface area contributed by atoms with Gasteiger partial charge in [-0.25, -0.2) is 0 Å². The van der Waals surface area contributed by atoms with E-state index in [-0.39, 0.29) is 0 Å². The second-order valence-electron chi connectivity index (χ2n) is 5.90. The van der Waals surface area contributed by atoms with Crippen LogP contribution in [0.15, 0.2) is 24.3 Å². The fourth-order valence-corrected chi connectivity index (χ4v) is 2.73. The van der Waals surface area contributed by atoms with Crippen LogP contribution in [-0.4, -0.2) is 27.2 Å². The highest BCUT2D eigenvalue weighted by Gasteiger charge is 2.47. The fourth-order valence-electron chi connectivity index (χ4n) is 2.73. The summed E-state index contributed by atoms with van der Waals surface area (Å²) >= 11 is 0. The van der Waals surface area contributed by atoms with Gasteiger partial charge >= 0.3 is 0 Å². The number of aromatic nitrogens is 2. The normalized spacial score (nSPS) is 19.2.